The Morgan fingerprint density at radius 3 is 2.71 bits per heavy atom. The summed E-state index contributed by atoms with van der Waals surface area (Å²) in [5.41, 5.74) is 6.61. The van der Waals surface area contributed by atoms with Crippen LogP contribution in [0.25, 0.3) is 0 Å². The largest absolute Gasteiger partial charge is 0.352 e. The number of carbonyl (C=O) groups excluding carboxylic acids is 1. The van der Waals surface area contributed by atoms with Crippen LogP contribution in [0.5, 0.6) is 0 Å². The molecule has 0 bridgehead atoms. The molecular weight excluding hydrogens is 270 g/mol. The number of benzene rings is 1. The van der Waals surface area contributed by atoms with Gasteiger partial charge in [-0.05, 0) is 18.4 Å². The van der Waals surface area contributed by atoms with Crippen LogP contribution in [0.1, 0.15) is 44.1 Å². The van der Waals surface area contributed by atoms with E-state index in [2.05, 4.69) is 5.32 Å². The van der Waals surface area contributed by atoms with Crippen molar-refractivity contribution in [2.24, 2.45) is 5.73 Å². The third-order valence-electron chi connectivity index (χ3n) is 3.97. The molecule has 0 radical (unpaired) electrons. The Morgan fingerprint density at radius 1 is 1.33 bits per heavy atom. The molecule has 0 aromatic heterocycles. The van der Waals surface area contributed by atoms with E-state index in [1.807, 2.05) is 0 Å². The van der Waals surface area contributed by atoms with Crippen LogP contribution < -0.4 is 11.1 Å². The third-order valence-corrected chi connectivity index (χ3v) is 3.97. The number of carbonyl (C=O) groups is 1. The first kappa shape index (κ1) is 15.4. The monoisotopic (exact) mass is 291 g/mol. The molecule has 1 amide bonds. The predicted octanol–water partition coefficient (Wildman–Crippen LogP) is 2.26. The molecule has 0 saturated heterocycles. The fourth-order valence-corrected chi connectivity index (χ4v) is 2.80. The number of nitrogens with one attached hydrogen (secondary N) is 1. The lowest BCUT2D eigenvalue weighted by atomic mass is 9.80. The normalized spacial score (nSPS) is 17.2. The lowest BCUT2D eigenvalue weighted by Gasteiger charge is -2.32. The third kappa shape index (κ3) is 4.53. The Balaban J connectivity index is 1.86. The van der Waals surface area contributed by atoms with E-state index in [1.54, 1.807) is 12.1 Å². The van der Waals surface area contributed by atoms with E-state index in [-0.39, 0.29) is 23.7 Å². The van der Waals surface area contributed by atoms with Crippen LogP contribution in [0.3, 0.4) is 0 Å². The number of nitrogens with zero attached hydrogens (tertiary/aromatic N) is 1. The molecule has 1 aromatic rings. The highest BCUT2D eigenvalue weighted by atomic mass is 16.6. The molecule has 0 aliphatic heterocycles. The number of nitro groups is 1. The molecule has 1 aliphatic carbocycles. The molecule has 1 aromatic carbocycles. The molecule has 0 heterocycles. The van der Waals surface area contributed by atoms with Gasteiger partial charge in [0.2, 0.25) is 5.91 Å². The first-order valence-electron chi connectivity index (χ1n) is 7.27. The van der Waals surface area contributed by atoms with E-state index < -0.39 is 4.92 Å². The lowest BCUT2D eigenvalue weighted by molar-refractivity contribution is -0.384. The van der Waals surface area contributed by atoms with Crippen LogP contribution in [0.2, 0.25) is 0 Å². The van der Waals surface area contributed by atoms with Gasteiger partial charge in [-0.15, -0.1) is 0 Å². The van der Waals surface area contributed by atoms with Crippen LogP contribution in [-0.4, -0.2) is 16.4 Å². The Bertz CT molecular complexity index is 525. The second-order valence-corrected chi connectivity index (χ2v) is 5.80. The number of nitro benzene ring substituents is 1. The maximum absolute atomic E-state index is 12.0. The highest BCUT2D eigenvalue weighted by Crippen LogP contribution is 2.28. The van der Waals surface area contributed by atoms with Gasteiger partial charge >= 0.3 is 0 Å². The van der Waals surface area contributed by atoms with Crippen molar-refractivity contribution in [3.8, 4) is 0 Å². The molecule has 0 unspecified atom stereocenters. The number of rotatable bonds is 5. The van der Waals surface area contributed by atoms with Gasteiger partial charge in [-0.1, -0.05) is 31.4 Å². The molecule has 6 heteroatoms. The Morgan fingerprint density at radius 2 is 2.05 bits per heavy atom. The average Bonchev–Trinajstić information content (AvgIpc) is 2.46. The van der Waals surface area contributed by atoms with Crippen molar-refractivity contribution in [2.45, 2.75) is 50.6 Å². The first-order valence-corrected chi connectivity index (χ1v) is 7.27. The standard InChI is InChI=1S/C15H21N3O3/c16-15(7-2-1-3-8-15)10-14(19)17-11-12-5-4-6-13(9-12)18(20)21/h4-6,9H,1-3,7-8,10-11,16H2,(H,17,19). The molecule has 114 valence electrons. The summed E-state index contributed by atoms with van der Waals surface area (Å²) in [5, 5.41) is 13.5. The maximum atomic E-state index is 12.0. The summed E-state index contributed by atoms with van der Waals surface area (Å²) in [6, 6.07) is 6.28. The summed E-state index contributed by atoms with van der Waals surface area (Å²) in [6.45, 7) is 0.288. The zero-order chi connectivity index (χ0) is 15.3. The summed E-state index contributed by atoms with van der Waals surface area (Å²) < 4.78 is 0. The molecule has 0 atom stereocenters. The summed E-state index contributed by atoms with van der Waals surface area (Å²) in [5.74, 6) is -0.0918. The average molecular weight is 291 g/mol. The van der Waals surface area contributed by atoms with Gasteiger partial charge in [0.05, 0.1) is 4.92 Å². The fourth-order valence-electron chi connectivity index (χ4n) is 2.80. The maximum Gasteiger partial charge on any atom is 0.269 e. The smallest absolute Gasteiger partial charge is 0.269 e. The van der Waals surface area contributed by atoms with Crippen molar-refractivity contribution < 1.29 is 9.72 Å². The summed E-state index contributed by atoms with van der Waals surface area (Å²) >= 11 is 0. The number of non-ortho nitro benzene ring substituents is 1. The predicted molar refractivity (Wildman–Crippen MR) is 79.6 cm³/mol. The number of nitrogens with two attached hydrogens (primary N) is 1. The molecule has 0 spiro atoms. The van der Waals surface area contributed by atoms with Gasteiger partial charge in [0, 0.05) is 30.6 Å². The minimum Gasteiger partial charge on any atom is -0.352 e. The van der Waals surface area contributed by atoms with Crippen LogP contribution in [0.4, 0.5) is 5.69 Å². The van der Waals surface area contributed by atoms with Gasteiger partial charge < -0.3 is 11.1 Å². The Kier molecular flexibility index (Phi) is 4.90. The minimum atomic E-state index is -0.442. The van der Waals surface area contributed by atoms with Crippen molar-refractivity contribution >= 4 is 11.6 Å². The van der Waals surface area contributed by atoms with Crippen LogP contribution in [0.15, 0.2) is 24.3 Å². The molecule has 2 rings (SSSR count). The lowest BCUT2D eigenvalue weighted by Crippen LogP contribution is -2.45. The Labute approximate surface area is 123 Å². The molecule has 6 nitrogen and oxygen atoms in total. The summed E-state index contributed by atoms with van der Waals surface area (Å²) in [6.07, 6.45) is 5.44. The van der Waals surface area contributed by atoms with E-state index in [9.17, 15) is 14.9 Å². The van der Waals surface area contributed by atoms with E-state index >= 15 is 0 Å². The van der Waals surface area contributed by atoms with Crippen molar-refractivity contribution in [3.05, 3.63) is 39.9 Å². The van der Waals surface area contributed by atoms with Gasteiger partial charge in [0.25, 0.3) is 5.69 Å². The minimum absolute atomic E-state index is 0.0318. The molecule has 1 fully saturated rings. The molecule has 21 heavy (non-hydrogen) atoms. The number of amides is 1. The summed E-state index contributed by atoms with van der Waals surface area (Å²) in [4.78, 5) is 22.2. The van der Waals surface area contributed by atoms with Gasteiger partial charge in [-0.2, -0.15) is 0 Å². The fraction of sp³-hybridized carbons (Fsp3) is 0.533. The van der Waals surface area contributed by atoms with Crippen LogP contribution >= 0.6 is 0 Å². The van der Waals surface area contributed by atoms with Crippen molar-refractivity contribution in [2.75, 3.05) is 0 Å². The molecule has 1 aliphatic rings. The van der Waals surface area contributed by atoms with Gasteiger partial charge in [0.1, 0.15) is 0 Å². The highest BCUT2D eigenvalue weighted by Gasteiger charge is 2.29. The summed E-state index contributed by atoms with van der Waals surface area (Å²) in [7, 11) is 0. The van der Waals surface area contributed by atoms with Crippen LogP contribution in [0, 0.1) is 10.1 Å². The van der Waals surface area contributed by atoms with E-state index in [4.69, 9.17) is 5.73 Å². The second-order valence-electron chi connectivity index (χ2n) is 5.80. The Hall–Kier alpha value is -1.95. The second kappa shape index (κ2) is 6.67. The molecule has 1 saturated carbocycles. The van der Waals surface area contributed by atoms with Crippen LogP contribution in [-0.2, 0) is 11.3 Å². The van der Waals surface area contributed by atoms with E-state index in [0.717, 1.165) is 25.7 Å². The number of hydrogen-bond acceptors (Lipinski definition) is 4. The zero-order valence-corrected chi connectivity index (χ0v) is 12.0. The highest BCUT2D eigenvalue weighted by molar-refractivity contribution is 5.77. The van der Waals surface area contributed by atoms with Crippen molar-refractivity contribution in [3.63, 3.8) is 0 Å². The molecule has 3 N–H and O–H groups in total. The molecular formula is C15H21N3O3. The number of hydrogen-bond donors (Lipinski definition) is 2. The quantitative estimate of drug-likeness (QED) is 0.642. The first-order chi connectivity index (χ1) is 9.98. The van der Waals surface area contributed by atoms with Gasteiger partial charge in [0.15, 0.2) is 0 Å². The van der Waals surface area contributed by atoms with E-state index in [0.29, 0.717) is 12.0 Å². The van der Waals surface area contributed by atoms with E-state index in [1.165, 1.54) is 18.6 Å². The van der Waals surface area contributed by atoms with Gasteiger partial charge in [-0.25, -0.2) is 0 Å². The van der Waals surface area contributed by atoms with Crippen molar-refractivity contribution in [1.29, 1.82) is 0 Å². The van der Waals surface area contributed by atoms with Crippen molar-refractivity contribution in [1.82, 2.24) is 5.32 Å². The SMILES string of the molecule is NC1(CC(=O)NCc2cccc([N+](=O)[O-])c2)CCCCC1. The zero-order valence-electron chi connectivity index (χ0n) is 12.0. The van der Waals surface area contributed by atoms with Gasteiger partial charge in [-0.3, -0.25) is 14.9 Å². The topological polar surface area (TPSA) is 98.3 Å².